The number of amidine groups is 1. The molecule has 0 saturated heterocycles. The molecule has 0 unspecified atom stereocenters. The fourth-order valence-corrected chi connectivity index (χ4v) is 5.40. The van der Waals surface area contributed by atoms with Crippen LogP contribution in [0.15, 0.2) is 64.5 Å². The maximum Gasteiger partial charge on any atom is 0.263 e. The Kier molecular flexibility index (Phi) is 7.65. The second-order valence-corrected chi connectivity index (χ2v) is 10.5. The Morgan fingerprint density at radius 3 is 2.63 bits per heavy atom. The number of sulfonamides is 1. The zero-order chi connectivity index (χ0) is 24.8. The Morgan fingerprint density at radius 1 is 1.03 bits per heavy atom. The zero-order valence-electron chi connectivity index (χ0n) is 20.1. The van der Waals surface area contributed by atoms with E-state index in [2.05, 4.69) is 38.3 Å². The van der Waals surface area contributed by atoms with Crippen molar-refractivity contribution in [3.05, 3.63) is 82.7 Å². The molecule has 8 nitrogen and oxygen atoms in total. The number of hydrogen-bond acceptors (Lipinski definition) is 5. The highest BCUT2D eigenvalue weighted by atomic mass is 32.2. The van der Waals surface area contributed by atoms with E-state index in [9.17, 15) is 13.2 Å². The van der Waals surface area contributed by atoms with Gasteiger partial charge in [-0.15, -0.1) is 0 Å². The normalized spacial score (nSPS) is 15.1. The molecule has 0 aliphatic carbocycles. The molecule has 2 N–H and O–H groups in total. The standard InChI is InChI=1S/C26H31N5O3S/c1-19-15-20(2)31(29-19)18-22-10-8-9-21(16-22)17-28-25(32)13-4-3-7-14-27-26-23-11-5-6-12-24(23)35(33,34)30-26/h5-6,8-12,15-16H,3-4,7,13-14,17-18H2,1-2H3,(H,27,30)(H,28,32). The van der Waals surface area contributed by atoms with Crippen molar-refractivity contribution in [3.8, 4) is 0 Å². The Balaban J connectivity index is 1.16. The first-order valence-corrected chi connectivity index (χ1v) is 13.3. The van der Waals surface area contributed by atoms with Crippen LogP contribution < -0.4 is 10.0 Å². The van der Waals surface area contributed by atoms with Crippen LogP contribution in [0.5, 0.6) is 0 Å². The van der Waals surface area contributed by atoms with Crippen LogP contribution in [-0.4, -0.2) is 36.5 Å². The quantitative estimate of drug-likeness (QED) is 0.422. The summed E-state index contributed by atoms with van der Waals surface area (Å²) in [7, 11) is -3.50. The summed E-state index contributed by atoms with van der Waals surface area (Å²) in [5, 5.41) is 7.51. The van der Waals surface area contributed by atoms with Crippen LogP contribution >= 0.6 is 0 Å². The van der Waals surface area contributed by atoms with E-state index in [-0.39, 0.29) is 10.8 Å². The molecule has 4 rings (SSSR count). The Hall–Kier alpha value is -3.46. The third-order valence-electron chi connectivity index (χ3n) is 5.91. The van der Waals surface area contributed by atoms with Gasteiger partial charge in [-0.1, -0.05) is 42.8 Å². The van der Waals surface area contributed by atoms with Gasteiger partial charge in [0, 0.05) is 30.8 Å². The van der Waals surface area contributed by atoms with Gasteiger partial charge in [0.2, 0.25) is 5.91 Å². The number of carbonyl (C=O) groups is 1. The minimum Gasteiger partial charge on any atom is -0.352 e. The lowest BCUT2D eigenvalue weighted by molar-refractivity contribution is -0.121. The van der Waals surface area contributed by atoms with E-state index in [0.717, 1.165) is 41.8 Å². The summed E-state index contributed by atoms with van der Waals surface area (Å²) in [6.45, 7) is 5.75. The SMILES string of the molecule is Cc1cc(C)n(Cc2cccc(CNC(=O)CCCCCN=C3NS(=O)(=O)c4ccccc43)c2)n1. The first kappa shape index (κ1) is 24.7. The number of benzene rings is 2. The number of nitrogens with one attached hydrogen (secondary N) is 2. The Bertz CT molecular complexity index is 1340. The van der Waals surface area contributed by atoms with Gasteiger partial charge in [-0.2, -0.15) is 5.10 Å². The molecule has 0 radical (unpaired) electrons. The van der Waals surface area contributed by atoms with E-state index >= 15 is 0 Å². The molecule has 1 aliphatic rings. The molecule has 0 saturated carbocycles. The summed E-state index contributed by atoms with van der Waals surface area (Å²) < 4.78 is 28.7. The largest absolute Gasteiger partial charge is 0.352 e. The van der Waals surface area contributed by atoms with Crippen molar-refractivity contribution in [2.24, 2.45) is 4.99 Å². The fraction of sp³-hybridized carbons (Fsp3) is 0.346. The molecule has 0 fully saturated rings. The number of fused-ring (bicyclic) bond motifs is 1. The second kappa shape index (κ2) is 10.9. The average molecular weight is 494 g/mol. The van der Waals surface area contributed by atoms with Gasteiger partial charge in [-0.25, -0.2) is 8.42 Å². The van der Waals surface area contributed by atoms with Gasteiger partial charge in [-0.05, 0) is 56.0 Å². The van der Waals surface area contributed by atoms with Crippen molar-refractivity contribution in [2.45, 2.75) is 57.5 Å². The molecule has 9 heteroatoms. The molecule has 1 amide bonds. The van der Waals surface area contributed by atoms with Crippen LogP contribution in [-0.2, 0) is 27.9 Å². The summed E-state index contributed by atoms with van der Waals surface area (Å²) >= 11 is 0. The molecule has 0 spiro atoms. The fourth-order valence-electron chi connectivity index (χ4n) is 4.15. The van der Waals surface area contributed by atoms with Crippen LogP contribution in [0.3, 0.4) is 0 Å². The molecule has 3 aromatic rings. The van der Waals surface area contributed by atoms with Crippen LogP contribution in [0.1, 0.15) is 53.8 Å². The molecular formula is C26H31N5O3S. The predicted molar refractivity (Wildman–Crippen MR) is 136 cm³/mol. The van der Waals surface area contributed by atoms with E-state index < -0.39 is 10.0 Å². The molecule has 35 heavy (non-hydrogen) atoms. The van der Waals surface area contributed by atoms with Crippen LogP contribution in [0, 0.1) is 13.8 Å². The van der Waals surface area contributed by atoms with Crippen molar-refractivity contribution in [3.63, 3.8) is 0 Å². The first-order valence-electron chi connectivity index (χ1n) is 11.8. The van der Waals surface area contributed by atoms with Crippen molar-refractivity contribution in [1.82, 2.24) is 19.8 Å². The van der Waals surface area contributed by atoms with Gasteiger partial charge < -0.3 is 5.32 Å². The minimum absolute atomic E-state index is 0.0257. The van der Waals surface area contributed by atoms with E-state index in [0.29, 0.717) is 37.5 Å². The van der Waals surface area contributed by atoms with E-state index in [4.69, 9.17) is 0 Å². The highest BCUT2D eigenvalue weighted by molar-refractivity contribution is 7.90. The minimum atomic E-state index is -3.50. The number of hydrogen-bond donors (Lipinski definition) is 2. The molecule has 0 bridgehead atoms. The average Bonchev–Trinajstić information content (AvgIpc) is 3.29. The van der Waals surface area contributed by atoms with Gasteiger partial charge in [0.25, 0.3) is 10.0 Å². The molecule has 1 aromatic heterocycles. The number of nitrogens with zero attached hydrogens (tertiary/aromatic N) is 3. The third kappa shape index (κ3) is 6.36. The van der Waals surface area contributed by atoms with Crippen LogP contribution in [0.4, 0.5) is 0 Å². The maximum absolute atomic E-state index is 12.3. The number of unbranched alkanes of at least 4 members (excludes halogenated alkanes) is 2. The van der Waals surface area contributed by atoms with E-state index in [1.54, 1.807) is 24.3 Å². The lowest BCUT2D eigenvalue weighted by Crippen LogP contribution is -2.22. The Morgan fingerprint density at radius 2 is 1.83 bits per heavy atom. The van der Waals surface area contributed by atoms with Crippen molar-refractivity contribution < 1.29 is 13.2 Å². The lowest BCUT2D eigenvalue weighted by Gasteiger charge is -2.09. The number of rotatable bonds is 10. The summed E-state index contributed by atoms with van der Waals surface area (Å²) in [4.78, 5) is 16.9. The third-order valence-corrected chi connectivity index (χ3v) is 7.31. The van der Waals surface area contributed by atoms with Crippen molar-refractivity contribution in [2.75, 3.05) is 6.54 Å². The summed E-state index contributed by atoms with van der Waals surface area (Å²) in [6, 6.07) is 17.1. The van der Waals surface area contributed by atoms with Gasteiger partial charge in [0.15, 0.2) is 0 Å². The molecule has 0 atom stereocenters. The Labute approximate surface area is 206 Å². The smallest absolute Gasteiger partial charge is 0.263 e. The highest BCUT2D eigenvalue weighted by Crippen LogP contribution is 2.22. The van der Waals surface area contributed by atoms with Gasteiger partial charge in [0.1, 0.15) is 5.84 Å². The van der Waals surface area contributed by atoms with Crippen molar-refractivity contribution in [1.29, 1.82) is 0 Å². The lowest BCUT2D eigenvalue weighted by atomic mass is 10.1. The molecule has 1 aliphatic heterocycles. The molecule has 2 aromatic carbocycles. The second-order valence-electron chi connectivity index (χ2n) is 8.82. The van der Waals surface area contributed by atoms with Crippen molar-refractivity contribution >= 4 is 21.8 Å². The summed E-state index contributed by atoms with van der Waals surface area (Å²) in [5.41, 5.74) is 4.96. The number of carbonyl (C=O) groups excluding carboxylic acids is 1. The molecule has 2 heterocycles. The van der Waals surface area contributed by atoms with E-state index in [1.165, 1.54) is 0 Å². The van der Waals surface area contributed by atoms with Gasteiger partial charge in [-0.3, -0.25) is 19.2 Å². The van der Waals surface area contributed by atoms with E-state index in [1.807, 2.05) is 30.7 Å². The van der Waals surface area contributed by atoms with Crippen LogP contribution in [0.25, 0.3) is 0 Å². The monoisotopic (exact) mass is 493 g/mol. The van der Waals surface area contributed by atoms with Gasteiger partial charge in [0.05, 0.1) is 17.1 Å². The highest BCUT2D eigenvalue weighted by Gasteiger charge is 2.29. The number of aryl methyl sites for hydroxylation is 2. The number of aliphatic imine (C=N–C) groups is 1. The maximum atomic E-state index is 12.3. The summed E-state index contributed by atoms with van der Waals surface area (Å²) in [5.74, 6) is 0.427. The predicted octanol–water partition coefficient (Wildman–Crippen LogP) is 3.46. The number of aromatic nitrogens is 2. The topological polar surface area (TPSA) is 105 Å². The van der Waals surface area contributed by atoms with Crippen LogP contribution in [0.2, 0.25) is 0 Å². The molecular weight excluding hydrogens is 462 g/mol. The molecule has 184 valence electrons. The first-order chi connectivity index (χ1) is 16.8. The zero-order valence-corrected chi connectivity index (χ0v) is 20.9. The van der Waals surface area contributed by atoms with Gasteiger partial charge >= 0.3 is 0 Å². The summed E-state index contributed by atoms with van der Waals surface area (Å²) in [6.07, 6.45) is 2.85. The number of amides is 1.